The van der Waals surface area contributed by atoms with Crippen LogP contribution in [0.5, 0.6) is 11.5 Å². The van der Waals surface area contributed by atoms with Crippen LogP contribution >= 0.6 is 15.9 Å². The first-order valence-electron chi connectivity index (χ1n) is 8.91. The van der Waals surface area contributed by atoms with E-state index < -0.39 is 0 Å². The SMILES string of the molecule is CN=C(NCc1cc(OC)c(OC)cc1Br)NCC1(CCOC)CCC1. The van der Waals surface area contributed by atoms with E-state index in [1.807, 2.05) is 12.1 Å². The zero-order chi connectivity index (χ0) is 19.0. The molecule has 0 aromatic heterocycles. The molecule has 7 heteroatoms. The van der Waals surface area contributed by atoms with Gasteiger partial charge in [-0.25, -0.2) is 0 Å². The van der Waals surface area contributed by atoms with Gasteiger partial charge < -0.3 is 24.8 Å². The lowest BCUT2D eigenvalue weighted by Crippen LogP contribution is -2.46. The molecular formula is C19H30BrN3O3. The first-order chi connectivity index (χ1) is 12.6. The van der Waals surface area contributed by atoms with E-state index in [9.17, 15) is 0 Å². The second kappa shape index (κ2) is 10.0. The summed E-state index contributed by atoms with van der Waals surface area (Å²) < 4.78 is 16.9. The molecule has 1 aromatic rings. The number of aliphatic imine (C=N–C) groups is 1. The average Bonchev–Trinajstić information content (AvgIpc) is 2.63. The van der Waals surface area contributed by atoms with E-state index in [1.165, 1.54) is 19.3 Å². The van der Waals surface area contributed by atoms with Gasteiger partial charge in [0, 0.05) is 38.3 Å². The van der Waals surface area contributed by atoms with E-state index in [0.29, 0.717) is 23.5 Å². The summed E-state index contributed by atoms with van der Waals surface area (Å²) in [5.74, 6) is 2.22. The predicted molar refractivity (Wildman–Crippen MR) is 108 cm³/mol. The molecule has 26 heavy (non-hydrogen) atoms. The smallest absolute Gasteiger partial charge is 0.191 e. The van der Waals surface area contributed by atoms with Gasteiger partial charge in [0.05, 0.1) is 14.2 Å². The maximum atomic E-state index is 5.39. The van der Waals surface area contributed by atoms with Gasteiger partial charge >= 0.3 is 0 Å². The minimum atomic E-state index is 0.345. The summed E-state index contributed by atoms with van der Waals surface area (Å²) in [6.45, 7) is 2.36. The molecule has 0 atom stereocenters. The molecule has 0 saturated heterocycles. The lowest BCUT2D eigenvalue weighted by atomic mass is 9.67. The summed E-state index contributed by atoms with van der Waals surface area (Å²) in [5, 5.41) is 6.85. The van der Waals surface area contributed by atoms with Crippen LogP contribution in [0, 0.1) is 5.41 Å². The fourth-order valence-electron chi connectivity index (χ4n) is 3.21. The van der Waals surface area contributed by atoms with Gasteiger partial charge in [-0.05, 0) is 42.4 Å². The highest BCUT2D eigenvalue weighted by Gasteiger charge is 2.36. The van der Waals surface area contributed by atoms with Gasteiger partial charge in [0.2, 0.25) is 0 Å². The number of guanidine groups is 1. The van der Waals surface area contributed by atoms with Crippen molar-refractivity contribution >= 4 is 21.9 Å². The molecule has 1 aromatic carbocycles. The topological polar surface area (TPSA) is 64.1 Å². The fraction of sp³-hybridized carbons (Fsp3) is 0.632. The Morgan fingerprint density at radius 2 is 1.85 bits per heavy atom. The number of hydrogen-bond donors (Lipinski definition) is 2. The maximum Gasteiger partial charge on any atom is 0.191 e. The van der Waals surface area contributed by atoms with E-state index in [4.69, 9.17) is 14.2 Å². The lowest BCUT2D eigenvalue weighted by molar-refractivity contribution is 0.0732. The van der Waals surface area contributed by atoms with Crippen LogP contribution in [0.3, 0.4) is 0 Å². The normalized spacial score (nSPS) is 16.0. The van der Waals surface area contributed by atoms with Crippen LogP contribution in [0.2, 0.25) is 0 Å². The number of halogens is 1. The first-order valence-corrected chi connectivity index (χ1v) is 9.70. The number of methoxy groups -OCH3 is 3. The molecule has 146 valence electrons. The van der Waals surface area contributed by atoms with Crippen molar-refractivity contribution in [2.75, 3.05) is 41.5 Å². The van der Waals surface area contributed by atoms with Crippen LogP contribution in [0.15, 0.2) is 21.6 Å². The summed E-state index contributed by atoms with van der Waals surface area (Å²) in [5.41, 5.74) is 1.42. The summed E-state index contributed by atoms with van der Waals surface area (Å²) in [6, 6.07) is 3.88. The minimum Gasteiger partial charge on any atom is -0.493 e. The Balaban J connectivity index is 1.93. The monoisotopic (exact) mass is 427 g/mol. The second-order valence-corrected chi connectivity index (χ2v) is 7.53. The molecule has 1 aliphatic carbocycles. The molecule has 0 amide bonds. The lowest BCUT2D eigenvalue weighted by Gasteiger charge is -2.42. The van der Waals surface area contributed by atoms with Crippen LogP contribution in [0.25, 0.3) is 0 Å². The largest absolute Gasteiger partial charge is 0.493 e. The van der Waals surface area contributed by atoms with Gasteiger partial charge in [0.25, 0.3) is 0 Å². The van der Waals surface area contributed by atoms with Crippen molar-refractivity contribution in [3.63, 3.8) is 0 Å². The molecule has 2 rings (SSSR count). The minimum absolute atomic E-state index is 0.345. The molecule has 0 bridgehead atoms. The Morgan fingerprint density at radius 1 is 1.15 bits per heavy atom. The highest BCUT2D eigenvalue weighted by atomic mass is 79.9. The van der Waals surface area contributed by atoms with Crippen molar-refractivity contribution in [3.8, 4) is 11.5 Å². The number of ether oxygens (including phenoxy) is 3. The highest BCUT2D eigenvalue weighted by Crippen LogP contribution is 2.43. The van der Waals surface area contributed by atoms with Crippen LogP contribution in [0.4, 0.5) is 0 Å². The zero-order valence-electron chi connectivity index (χ0n) is 16.2. The molecule has 0 unspecified atom stereocenters. The van der Waals surface area contributed by atoms with Crippen molar-refractivity contribution < 1.29 is 14.2 Å². The molecular weight excluding hydrogens is 398 g/mol. The molecule has 6 nitrogen and oxygen atoms in total. The van der Waals surface area contributed by atoms with E-state index in [1.54, 1.807) is 28.4 Å². The Bertz CT molecular complexity index is 618. The van der Waals surface area contributed by atoms with Crippen molar-refractivity contribution in [2.24, 2.45) is 10.4 Å². The zero-order valence-corrected chi connectivity index (χ0v) is 17.7. The van der Waals surface area contributed by atoms with Gasteiger partial charge in [-0.1, -0.05) is 22.4 Å². The summed E-state index contributed by atoms with van der Waals surface area (Å²) in [6.07, 6.45) is 4.90. The van der Waals surface area contributed by atoms with Gasteiger partial charge in [-0.2, -0.15) is 0 Å². The molecule has 0 radical (unpaired) electrons. The quantitative estimate of drug-likeness (QED) is 0.467. The molecule has 0 aliphatic heterocycles. The molecule has 0 spiro atoms. The van der Waals surface area contributed by atoms with Crippen molar-refractivity contribution in [3.05, 3.63) is 22.2 Å². The number of rotatable bonds is 9. The maximum absolute atomic E-state index is 5.39. The number of nitrogens with zero attached hydrogens (tertiary/aromatic N) is 1. The third-order valence-electron chi connectivity index (χ3n) is 5.10. The number of benzene rings is 1. The summed E-state index contributed by atoms with van der Waals surface area (Å²) in [4.78, 5) is 4.34. The van der Waals surface area contributed by atoms with Crippen LogP contribution < -0.4 is 20.1 Å². The van der Waals surface area contributed by atoms with Crippen LogP contribution in [-0.4, -0.2) is 47.5 Å². The highest BCUT2D eigenvalue weighted by molar-refractivity contribution is 9.10. The average molecular weight is 428 g/mol. The van der Waals surface area contributed by atoms with Crippen molar-refractivity contribution in [1.29, 1.82) is 0 Å². The van der Waals surface area contributed by atoms with Crippen LogP contribution in [0.1, 0.15) is 31.2 Å². The third-order valence-corrected chi connectivity index (χ3v) is 5.84. The molecule has 0 heterocycles. The van der Waals surface area contributed by atoms with Crippen molar-refractivity contribution in [2.45, 2.75) is 32.2 Å². The molecule has 1 saturated carbocycles. The van der Waals surface area contributed by atoms with Gasteiger partial charge in [-0.3, -0.25) is 4.99 Å². The van der Waals surface area contributed by atoms with E-state index in [2.05, 4.69) is 31.6 Å². The Hall–Kier alpha value is -1.47. The molecule has 1 fully saturated rings. The van der Waals surface area contributed by atoms with Gasteiger partial charge in [-0.15, -0.1) is 0 Å². The van der Waals surface area contributed by atoms with E-state index in [-0.39, 0.29) is 0 Å². The summed E-state index contributed by atoms with van der Waals surface area (Å²) >= 11 is 3.59. The number of nitrogens with one attached hydrogen (secondary N) is 2. The fourth-order valence-corrected chi connectivity index (χ4v) is 3.68. The van der Waals surface area contributed by atoms with Gasteiger partial charge in [0.1, 0.15) is 0 Å². The third kappa shape index (κ3) is 5.27. The van der Waals surface area contributed by atoms with E-state index in [0.717, 1.165) is 35.6 Å². The first kappa shape index (κ1) is 20.8. The predicted octanol–water partition coefficient (Wildman–Crippen LogP) is 3.34. The van der Waals surface area contributed by atoms with Crippen LogP contribution in [-0.2, 0) is 11.3 Å². The second-order valence-electron chi connectivity index (χ2n) is 6.67. The summed E-state index contributed by atoms with van der Waals surface area (Å²) in [7, 11) is 6.83. The standard InChI is InChI=1S/C19H30BrN3O3/c1-21-18(23-13-19(6-5-7-19)8-9-24-2)22-12-14-10-16(25-3)17(26-4)11-15(14)20/h10-11H,5-9,12-13H2,1-4H3,(H2,21,22,23). The Morgan fingerprint density at radius 3 is 2.38 bits per heavy atom. The molecule has 2 N–H and O–H groups in total. The van der Waals surface area contributed by atoms with E-state index >= 15 is 0 Å². The number of hydrogen-bond acceptors (Lipinski definition) is 4. The van der Waals surface area contributed by atoms with Gasteiger partial charge in [0.15, 0.2) is 17.5 Å². The van der Waals surface area contributed by atoms with Crippen molar-refractivity contribution in [1.82, 2.24) is 10.6 Å². The Kier molecular flexibility index (Phi) is 8.03. The Labute approximate surface area is 164 Å². The molecule has 1 aliphatic rings.